The van der Waals surface area contributed by atoms with Crippen molar-refractivity contribution >= 4 is 10.1 Å². The van der Waals surface area contributed by atoms with Crippen LogP contribution in [0.1, 0.15) is 51.4 Å². The van der Waals surface area contributed by atoms with Gasteiger partial charge in [0.1, 0.15) is 0 Å². The van der Waals surface area contributed by atoms with E-state index in [-0.39, 0.29) is 35.3 Å². The molecule has 6 heteroatoms. The first-order valence-electron chi connectivity index (χ1n) is 5.70. The van der Waals surface area contributed by atoms with Crippen LogP contribution < -0.4 is 35.3 Å². The third kappa shape index (κ3) is 17.3. The van der Waals surface area contributed by atoms with Gasteiger partial charge in [0.2, 0.25) is 0 Å². The summed E-state index contributed by atoms with van der Waals surface area (Å²) in [5.41, 5.74) is 5.36. The van der Waals surface area contributed by atoms with Gasteiger partial charge >= 0.3 is 29.6 Å². The summed E-state index contributed by atoms with van der Waals surface area (Å²) in [6.45, 7) is 0.765. The van der Waals surface area contributed by atoms with Crippen molar-refractivity contribution in [3.05, 3.63) is 0 Å². The maximum atomic E-state index is 10.3. The average molecular weight is 259 g/mol. The van der Waals surface area contributed by atoms with Gasteiger partial charge in [-0.25, -0.2) is 8.42 Å². The van der Waals surface area contributed by atoms with E-state index in [0.717, 1.165) is 32.2 Å². The Hall–Kier alpha value is 0.870. The second-order valence-electron chi connectivity index (χ2n) is 3.88. The second kappa shape index (κ2) is 12.3. The number of rotatable bonds is 10. The molecule has 0 unspecified atom stereocenters. The molecule has 0 aliphatic rings. The van der Waals surface area contributed by atoms with Crippen molar-refractivity contribution in [3.8, 4) is 0 Å². The summed E-state index contributed by atoms with van der Waals surface area (Å²) < 4.78 is 30.8. The molecule has 0 heterocycles. The Bertz CT molecular complexity index is 232. The van der Waals surface area contributed by atoms with Crippen LogP contribution in [0.3, 0.4) is 0 Å². The Morgan fingerprint density at radius 1 is 0.812 bits per heavy atom. The molecule has 0 atom stereocenters. The molecule has 0 amide bonds. The van der Waals surface area contributed by atoms with Crippen LogP contribution >= 0.6 is 0 Å². The molecule has 16 heavy (non-hydrogen) atoms. The molecule has 92 valence electrons. The predicted octanol–water partition coefficient (Wildman–Crippen LogP) is -1.38. The number of hydrogen-bond acceptors (Lipinski definition) is 4. The molecule has 0 saturated heterocycles. The van der Waals surface area contributed by atoms with Crippen molar-refractivity contribution in [2.24, 2.45) is 5.73 Å². The minimum atomic E-state index is -3.99. The zero-order chi connectivity index (χ0) is 11.6. The smallest absolute Gasteiger partial charge is 0.748 e. The van der Waals surface area contributed by atoms with Gasteiger partial charge in [0.05, 0.1) is 10.1 Å². The van der Waals surface area contributed by atoms with E-state index in [4.69, 9.17) is 5.73 Å². The fourth-order valence-corrected chi connectivity index (χ4v) is 2.04. The first-order valence-corrected chi connectivity index (χ1v) is 7.27. The average Bonchev–Trinajstić information content (AvgIpc) is 2.14. The van der Waals surface area contributed by atoms with E-state index in [2.05, 4.69) is 0 Å². The van der Waals surface area contributed by atoms with Crippen LogP contribution in [0.25, 0.3) is 0 Å². The number of nitrogens with two attached hydrogens (primary N) is 1. The van der Waals surface area contributed by atoms with Gasteiger partial charge < -0.3 is 10.3 Å². The Labute approximate surface area is 121 Å². The fraction of sp³-hybridized carbons (Fsp3) is 1.00. The van der Waals surface area contributed by atoms with Crippen LogP contribution in [0.15, 0.2) is 0 Å². The molecule has 0 spiro atoms. The number of hydrogen-bond donors (Lipinski definition) is 1. The summed E-state index contributed by atoms with van der Waals surface area (Å²) in [5, 5.41) is 0. The molecule has 0 saturated carbocycles. The van der Waals surface area contributed by atoms with Gasteiger partial charge in [-0.05, 0) is 19.4 Å². The van der Waals surface area contributed by atoms with Gasteiger partial charge in [0, 0.05) is 5.75 Å². The third-order valence-corrected chi connectivity index (χ3v) is 3.14. The normalized spacial score (nSPS) is 11.1. The molecule has 0 radical (unpaired) electrons. The topological polar surface area (TPSA) is 83.2 Å². The largest absolute Gasteiger partial charge is 1.00 e. The Morgan fingerprint density at radius 2 is 1.19 bits per heavy atom. The maximum absolute atomic E-state index is 10.3. The van der Waals surface area contributed by atoms with Crippen molar-refractivity contribution in [2.45, 2.75) is 51.4 Å². The predicted molar refractivity (Wildman–Crippen MR) is 60.6 cm³/mol. The van der Waals surface area contributed by atoms with Crippen molar-refractivity contribution in [1.29, 1.82) is 0 Å². The second-order valence-corrected chi connectivity index (χ2v) is 5.40. The summed E-state index contributed by atoms with van der Waals surface area (Å²) >= 11 is 0. The van der Waals surface area contributed by atoms with Crippen molar-refractivity contribution in [1.82, 2.24) is 0 Å². The third-order valence-electron chi connectivity index (χ3n) is 2.35. The van der Waals surface area contributed by atoms with Crippen molar-refractivity contribution in [3.63, 3.8) is 0 Å². The Balaban J connectivity index is 0. The van der Waals surface area contributed by atoms with E-state index in [9.17, 15) is 13.0 Å². The molecule has 0 aromatic rings. The molecule has 0 rings (SSSR count). The molecule has 0 aliphatic carbocycles. The Morgan fingerprint density at radius 3 is 1.56 bits per heavy atom. The summed E-state index contributed by atoms with van der Waals surface area (Å²) in [4.78, 5) is 0. The van der Waals surface area contributed by atoms with E-state index < -0.39 is 10.1 Å². The number of unbranched alkanes of at least 4 members (excludes halogenated alkanes) is 7. The summed E-state index contributed by atoms with van der Waals surface area (Å²) in [6.07, 6.45) is 8.18. The van der Waals surface area contributed by atoms with Crippen molar-refractivity contribution < 1.29 is 42.5 Å². The van der Waals surface area contributed by atoms with Crippen LogP contribution in [0.4, 0.5) is 0 Å². The summed E-state index contributed by atoms with van der Waals surface area (Å²) in [6, 6.07) is 0. The molecule has 0 bridgehead atoms. The minimum absolute atomic E-state index is 0. The van der Waals surface area contributed by atoms with Gasteiger partial charge in [-0.3, -0.25) is 0 Å². The van der Waals surface area contributed by atoms with Gasteiger partial charge in [-0.15, -0.1) is 0 Å². The zero-order valence-electron chi connectivity index (χ0n) is 10.3. The first-order chi connectivity index (χ1) is 7.06. The molecule has 0 aromatic carbocycles. The molecular formula is C10H22NNaO3S. The van der Waals surface area contributed by atoms with E-state index >= 15 is 0 Å². The van der Waals surface area contributed by atoms with E-state index in [1.54, 1.807) is 0 Å². The van der Waals surface area contributed by atoms with E-state index in [1.165, 1.54) is 19.3 Å². The molecule has 0 aliphatic heterocycles. The van der Waals surface area contributed by atoms with Crippen LogP contribution in [-0.4, -0.2) is 25.3 Å². The van der Waals surface area contributed by atoms with Crippen LogP contribution in [0.2, 0.25) is 0 Å². The van der Waals surface area contributed by atoms with Crippen LogP contribution in [0.5, 0.6) is 0 Å². The van der Waals surface area contributed by atoms with E-state index in [0.29, 0.717) is 6.42 Å². The van der Waals surface area contributed by atoms with Gasteiger partial charge in [0.15, 0.2) is 0 Å². The SMILES string of the molecule is NCCCCCCCCCCS(=O)(=O)[O-].[Na+]. The Kier molecular flexibility index (Phi) is 14.8. The van der Waals surface area contributed by atoms with Gasteiger partial charge in [0.25, 0.3) is 0 Å². The summed E-state index contributed by atoms with van der Waals surface area (Å²) in [5.74, 6) is -0.208. The summed E-state index contributed by atoms with van der Waals surface area (Å²) in [7, 11) is -3.99. The molecule has 0 aromatic heterocycles. The molecular weight excluding hydrogens is 237 g/mol. The van der Waals surface area contributed by atoms with Crippen molar-refractivity contribution in [2.75, 3.05) is 12.3 Å². The fourth-order valence-electron chi connectivity index (χ4n) is 1.48. The van der Waals surface area contributed by atoms with Gasteiger partial charge in [-0.1, -0.05) is 38.5 Å². The van der Waals surface area contributed by atoms with Crippen LogP contribution in [0, 0.1) is 0 Å². The zero-order valence-corrected chi connectivity index (χ0v) is 13.1. The first kappa shape index (κ1) is 19.2. The standard InChI is InChI=1S/C10H23NO3S.Na/c11-9-7-5-3-1-2-4-6-8-10-15(12,13)14;/h1-11H2,(H,12,13,14);/q;+1/p-1. The van der Waals surface area contributed by atoms with Gasteiger partial charge in [-0.2, -0.15) is 0 Å². The van der Waals surface area contributed by atoms with Crippen LogP contribution in [-0.2, 0) is 10.1 Å². The maximum Gasteiger partial charge on any atom is 1.00 e. The van der Waals surface area contributed by atoms with E-state index in [1.807, 2.05) is 0 Å². The quantitative estimate of drug-likeness (QED) is 0.298. The molecule has 0 fully saturated rings. The molecule has 4 nitrogen and oxygen atoms in total. The minimum Gasteiger partial charge on any atom is -0.748 e. The molecule has 2 N–H and O–H groups in total. The monoisotopic (exact) mass is 259 g/mol.